The first-order chi connectivity index (χ1) is 10.6. The van der Waals surface area contributed by atoms with Gasteiger partial charge in [-0.15, -0.1) is 0 Å². The highest BCUT2D eigenvalue weighted by molar-refractivity contribution is 6.16. The predicted octanol–water partition coefficient (Wildman–Crippen LogP) is 1.90. The molecule has 0 saturated heterocycles. The summed E-state index contributed by atoms with van der Waals surface area (Å²) in [4.78, 5) is 31.0. The Bertz CT molecular complexity index is 883. The second kappa shape index (κ2) is 5.33. The number of H-pyrrole nitrogens is 1. The van der Waals surface area contributed by atoms with Crippen LogP contribution in [-0.4, -0.2) is 28.8 Å². The topological polar surface area (TPSA) is 98.1 Å². The van der Waals surface area contributed by atoms with E-state index >= 15 is 0 Å². The van der Waals surface area contributed by atoms with Crippen LogP contribution in [0, 0.1) is 0 Å². The number of nitrogens with two attached hydrogens (primary N) is 1. The van der Waals surface area contributed by atoms with Gasteiger partial charge in [-0.05, 0) is 18.2 Å². The molecule has 3 N–H and O–H groups in total. The number of ether oxygens (including phenoxy) is 1. The number of methoxy groups -OCH3 is 1. The molecule has 0 unspecified atom stereocenters. The Morgan fingerprint density at radius 2 is 2.00 bits per heavy atom. The molecule has 6 nitrogen and oxygen atoms in total. The Morgan fingerprint density at radius 3 is 2.73 bits per heavy atom. The number of rotatable bonds is 4. The molecule has 0 aliphatic heterocycles. The normalized spacial score (nSPS) is 10.6. The Labute approximate surface area is 125 Å². The first kappa shape index (κ1) is 13.8. The van der Waals surface area contributed by atoms with Crippen molar-refractivity contribution in [1.82, 2.24) is 9.97 Å². The van der Waals surface area contributed by atoms with Crippen LogP contribution in [0.1, 0.15) is 26.3 Å². The maximum atomic E-state index is 12.7. The molecule has 3 rings (SSSR count). The van der Waals surface area contributed by atoms with E-state index in [1.54, 1.807) is 36.7 Å². The van der Waals surface area contributed by atoms with Gasteiger partial charge in [-0.3, -0.25) is 9.59 Å². The van der Waals surface area contributed by atoms with E-state index in [1.807, 2.05) is 0 Å². The van der Waals surface area contributed by atoms with Gasteiger partial charge < -0.3 is 15.5 Å². The van der Waals surface area contributed by atoms with E-state index < -0.39 is 5.91 Å². The number of ketones is 1. The van der Waals surface area contributed by atoms with Crippen LogP contribution in [0.2, 0.25) is 0 Å². The van der Waals surface area contributed by atoms with Crippen LogP contribution in [0.5, 0.6) is 5.75 Å². The molecule has 3 aromatic rings. The summed E-state index contributed by atoms with van der Waals surface area (Å²) in [5, 5.41) is 0.661. The average Bonchev–Trinajstić information content (AvgIpc) is 2.97. The van der Waals surface area contributed by atoms with Crippen molar-refractivity contribution in [2.75, 3.05) is 7.11 Å². The summed E-state index contributed by atoms with van der Waals surface area (Å²) in [5.74, 6) is -0.228. The van der Waals surface area contributed by atoms with E-state index in [9.17, 15) is 9.59 Å². The molecule has 0 aliphatic carbocycles. The Hall–Kier alpha value is -3.15. The Balaban J connectivity index is 2.09. The molecule has 2 heterocycles. The number of primary amides is 1. The zero-order chi connectivity index (χ0) is 15.7. The van der Waals surface area contributed by atoms with Crippen LogP contribution in [0.3, 0.4) is 0 Å². The van der Waals surface area contributed by atoms with Crippen molar-refractivity contribution in [2.24, 2.45) is 5.73 Å². The van der Waals surface area contributed by atoms with Gasteiger partial charge in [-0.25, -0.2) is 4.98 Å². The molecule has 0 atom stereocenters. The van der Waals surface area contributed by atoms with Gasteiger partial charge >= 0.3 is 0 Å². The monoisotopic (exact) mass is 295 g/mol. The van der Waals surface area contributed by atoms with Gasteiger partial charge in [0.05, 0.1) is 13.3 Å². The van der Waals surface area contributed by atoms with E-state index in [2.05, 4.69) is 9.97 Å². The highest BCUT2D eigenvalue weighted by Gasteiger charge is 2.16. The lowest BCUT2D eigenvalue weighted by Crippen LogP contribution is -2.12. The molecular formula is C16H13N3O3. The van der Waals surface area contributed by atoms with Crippen molar-refractivity contribution in [3.63, 3.8) is 0 Å². The third-order valence-corrected chi connectivity index (χ3v) is 3.40. The molecular weight excluding hydrogens is 282 g/mol. The summed E-state index contributed by atoms with van der Waals surface area (Å²) in [7, 11) is 1.54. The number of hydrogen-bond acceptors (Lipinski definition) is 4. The first-order valence-electron chi connectivity index (χ1n) is 6.56. The third kappa shape index (κ3) is 2.31. The van der Waals surface area contributed by atoms with Gasteiger partial charge in [0.25, 0.3) is 0 Å². The number of pyridine rings is 1. The van der Waals surface area contributed by atoms with Crippen LogP contribution in [0.4, 0.5) is 0 Å². The van der Waals surface area contributed by atoms with E-state index in [-0.39, 0.29) is 5.78 Å². The number of benzene rings is 1. The van der Waals surface area contributed by atoms with Crippen molar-refractivity contribution >= 4 is 22.7 Å². The fourth-order valence-electron chi connectivity index (χ4n) is 2.25. The molecule has 22 heavy (non-hydrogen) atoms. The number of nitrogens with zero attached hydrogens (tertiary/aromatic N) is 1. The number of aromatic nitrogens is 2. The summed E-state index contributed by atoms with van der Waals surface area (Å²) in [5.41, 5.74) is 6.98. The van der Waals surface area contributed by atoms with Gasteiger partial charge in [0.2, 0.25) is 5.91 Å². The Kier molecular flexibility index (Phi) is 3.34. The number of carbonyl (C=O) groups excluding carboxylic acids is 2. The zero-order valence-corrected chi connectivity index (χ0v) is 11.8. The maximum Gasteiger partial charge on any atom is 0.248 e. The fourth-order valence-corrected chi connectivity index (χ4v) is 2.25. The number of amides is 1. The van der Waals surface area contributed by atoms with Crippen molar-refractivity contribution in [1.29, 1.82) is 0 Å². The van der Waals surface area contributed by atoms with Crippen LogP contribution < -0.4 is 10.5 Å². The second-order valence-corrected chi connectivity index (χ2v) is 4.75. The van der Waals surface area contributed by atoms with E-state index in [0.29, 0.717) is 33.5 Å². The molecule has 0 saturated carbocycles. The quantitative estimate of drug-likeness (QED) is 0.718. The molecule has 1 aromatic carbocycles. The summed E-state index contributed by atoms with van der Waals surface area (Å²) in [6.07, 6.45) is 3.16. The van der Waals surface area contributed by atoms with Gasteiger partial charge in [-0.2, -0.15) is 0 Å². The molecule has 0 aliphatic rings. The fraction of sp³-hybridized carbons (Fsp3) is 0.0625. The minimum atomic E-state index is -0.572. The summed E-state index contributed by atoms with van der Waals surface area (Å²) >= 11 is 0. The average molecular weight is 295 g/mol. The van der Waals surface area contributed by atoms with E-state index in [4.69, 9.17) is 10.5 Å². The lowest BCUT2D eigenvalue weighted by atomic mass is 10.0. The highest BCUT2D eigenvalue weighted by atomic mass is 16.5. The van der Waals surface area contributed by atoms with Gasteiger partial charge in [0.15, 0.2) is 5.78 Å². The van der Waals surface area contributed by atoms with Crippen molar-refractivity contribution in [3.05, 3.63) is 59.4 Å². The molecule has 110 valence electrons. The molecule has 0 spiro atoms. The molecule has 1 amide bonds. The SMILES string of the molecule is COc1cnc2[nH]cc(C(=O)c3cccc(C(N)=O)c3)c2c1. The van der Waals surface area contributed by atoms with Gasteiger partial charge in [0, 0.05) is 28.3 Å². The number of fused-ring (bicyclic) bond motifs is 1. The van der Waals surface area contributed by atoms with Crippen LogP contribution in [-0.2, 0) is 0 Å². The van der Waals surface area contributed by atoms with E-state index in [1.165, 1.54) is 13.2 Å². The predicted molar refractivity (Wildman–Crippen MR) is 81.0 cm³/mol. The minimum absolute atomic E-state index is 0.218. The second-order valence-electron chi connectivity index (χ2n) is 4.75. The lowest BCUT2D eigenvalue weighted by Gasteiger charge is -2.03. The highest BCUT2D eigenvalue weighted by Crippen LogP contribution is 2.23. The first-order valence-corrected chi connectivity index (χ1v) is 6.56. The lowest BCUT2D eigenvalue weighted by molar-refractivity contribution is 0.1000. The number of aromatic amines is 1. The van der Waals surface area contributed by atoms with Gasteiger partial charge in [0.1, 0.15) is 11.4 Å². The molecule has 0 fully saturated rings. The van der Waals surface area contributed by atoms with Crippen molar-refractivity contribution in [3.8, 4) is 5.75 Å². The maximum absolute atomic E-state index is 12.7. The van der Waals surface area contributed by atoms with Crippen molar-refractivity contribution in [2.45, 2.75) is 0 Å². The molecule has 2 aromatic heterocycles. The third-order valence-electron chi connectivity index (χ3n) is 3.40. The molecule has 0 radical (unpaired) electrons. The zero-order valence-electron chi connectivity index (χ0n) is 11.8. The summed E-state index contributed by atoms with van der Waals surface area (Å²) < 4.78 is 5.13. The van der Waals surface area contributed by atoms with Crippen LogP contribution >= 0.6 is 0 Å². The molecule has 0 bridgehead atoms. The largest absolute Gasteiger partial charge is 0.495 e. The summed E-state index contributed by atoms with van der Waals surface area (Å²) in [6, 6.07) is 8.06. The Morgan fingerprint density at radius 1 is 1.23 bits per heavy atom. The van der Waals surface area contributed by atoms with E-state index in [0.717, 1.165) is 0 Å². The number of hydrogen-bond donors (Lipinski definition) is 2. The van der Waals surface area contributed by atoms with Crippen LogP contribution in [0.15, 0.2) is 42.7 Å². The number of carbonyl (C=O) groups is 2. The number of nitrogens with one attached hydrogen (secondary N) is 1. The van der Waals surface area contributed by atoms with Crippen molar-refractivity contribution < 1.29 is 14.3 Å². The van der Waals surface area contributed by atoms with Gasteiger partial charge in [-0.1, -0.05) is 12.1 Å². The molecule has 6 heteroatoms. The minimum Gasteiger partial charge on any atom is -0.495 e. The summed E-state index contributed by atoms with van der Waals surface area (Å²) in [6.45, 7) is 0. The smallest absolute Gasteiger partial charge is 0.248 e. The standard InChI is InChI=1S/C16H13N3O3/c1-22-11-6-12-13(8-19-16(12)18-7-11)14(20)9-3-2-4-10(5-9)15(17)21/h2-8H,1H3,(H2,17,21)(H,18,19). The van der Waals surface area contributed by atoms with Crippen LogP contribution in [0.25, 0.3) is 11.0 Å².